The van der Waals surface area contributed by atoms with E-state index >= 15 is 0 Å². The Bertz CT molecular complexity index is 290. The summed E-state index contributed by atoms with van der Waals surface area (Å²) in [6.07, 6.45) is 4.53. The second-order valence-electron chi connectivity index (χ2n) is 3.72. The third kappa shape index (κ3) is 2.23. The molecule has 0 saturated carbocycles. The number of aromatic nitrogens is 1. The molecule has 0 spiro atoms. The highest BCUT2D eigenvalue weighted by molar-refractivity contribution is 9.10. The molecule has 0 aliphatic carbocycles. The largest absolute Gasteiger partial charge is 0.262 e. The molecule has 0 N–H and O–H groups in total. The summed E-state index contributed by atoms with van der Waals surface area (Å²) >= 11 is 9.58. The first-order chi connectivity index (χ1) is 5.99. The number of hydrogen-bond acceptors (Lipinski definition) is 1. The van der Waals surface area contributed by atoms with Crippen molar-refractivity contribution in [2.75, 3.05) is 0 Å². The van der Waals surface area contributed by atoms with Crippen LogP contribution in [0.3, 0.4) is 0 Å². The molecule has 0 saturated heterocycles. The lowest BCUT2D eigenvalue weighted by Gasteiger charge is -2.25. The highest BCUT2D eigenvalue weighted by Gasteiger charge is 2.23. The predicted octanol–water partition coefficient (Wildman–Crippen LogP) is 4.19. The van der Waals surface area contributed by atoms with Crippen LogP contribution < -0.4 is 0 Å². The van der Waals surface area contributed by atoms with Gasteiger partial charge in [0.1, 0.15) is 0 Å². The van der Waals surface area contributed by atoms with Crippen molar-refractivity contribution < 1.29 is 0 Å². The van der Waals surface area contributed by atoms with Crippen LogP contribution in [0.4, 0.5) is 0 Å². The molecular weight excluding hydrogens is 249 g/mol. The lowest BCUT2D eigenvalue weighted by atomic mass is 9.83. The van der Waals surface area contributed by atoms with Gasteiger partial charge in [0.05, 0.1) is 5.02 Å². The molecule has 0 aromatic carbocycles. The number of nitrogens with zero attached hydrogens (tertiary/aromatic N) is 1. The molecule has 1 aromatic heterocycles. The number of pyridine rings is 1. The van der Waals surface area contributed by atoms with Gasteiger partial charge in [-0.25, -0.2) is 0 Å². The number of rotatable bonds is 2. The molecule has 0 amide bonds. The van der Waals surface area contributed by atoms with E-state index in [0.717, 1.165) is 21.5 Å². The molecule has 1 rings (SSSR count). The zero-order valence-corrected chi connectivity index (χ0v) is 10.4. The van der Waals surface area contributed by atoms with E-state index in [1.807, 2.05) is 0 Å². The van der Waals surface area contributed by atoms with Gasteiger partial charge in [0.25, 0.3) is 0 Å². The highest BCUT2D eigenvalue weighted by atomic mass is 79.9. The molecule has 72 valence electrons. The van der Waals surface area contributed by atoms with E-state index in [0.29, 0.717) is 0 Å². The van der Waals surface area contributed by atoms with Crippen molar-refractivity contribution in [1.29, 1.82) is 0 Å². The van der Waals surface area contributed by atoms with Crippen LogP contribution in [0, 0.1) is 0 Å². The lowest BCUT2D eigenvalue weighted by Crippen LogP contribution is -2.17. The average Bonchev–Trinajstić information content (AvgIpc) is 2.03. The lowest BCUT2D eigenvalue weighted by molar-refractivity contribution is 0.503. The Balaban J connectivity index is 3.28. The Morgan fingerprint density at radius 3 is 2.54 bits per heavy atom. The summed E-state index contributed by atoms with van der Waals surface area (Å²) < 4.78 is 0.992. The SMILES string of the molecule is CCC(C)(C)c1c(Cl)cncc1Br. The van der Waals surface area contributed by atoms with Crippen LogP contribution >= 0.6 is 27.5 Å². The Morgan fingerprint density at radius 2 is 2.08 bits per heavy atom. The second-order valence-corrected chi connectivity index (χ2v) is 4.98. The van der Waals surface area contributed by atoms with Crippen molar-refractivity contribution in [2.45, 2.75) is 32.6 Å². The third-order valence-electron chi connectivity index (χ3n) is 2.41. The van der Waals surface area contributed by atoms with Gasteiger partial charge in [-0.15, -0.1) is 0 Å². The van der Waals surface area contributed by atoms with Crippen LogP contribution in [0.1, 0.15) is 32.8 Å². The first-order valence-corrected chi connectivity index (χ1v) is 5.45. The quantitative estimate of drug-likeness (QED) is 0.779. The minimum Gasteiger partial charge on any atom is -0.262 e. The van der Waals surface area contributed by atoms with Crippen molar-refractivity contribution in [2.24, 2.45) is 0 Å². The van der Waals surface area contributed by atoms with Crippen LogP contribution in [0.15, 0.2) is 16.9 Å². The van der Waals surface area contributed by atoms with Gasteiger partial charge >= 0.3 is 0 Å². The van der Waals surface area contributed by atoms with Gasteiger partial charge in [-0.3, -0.25) is 4.98 Å². The van der Waals surface area contributed by atoms with Crippen molar-refractivity contribution in [3.8, 4) is 0 Å². The van der Waals surface area contributed by atoms with E-state index in [1.165, 1.54) is 0 Å². The zero-order valence-electron chi connectivity index (χ0n) is 8.06. The maximum absolute atomic E-state index is 6.10. The molecule has 1 aromatic rings. The molecule has 0 aliphatic heterocycles. The maximum Gasteiger partial charge on any atom is 0.0638 e. The minimum absolute atomic E-state index is 0.0961. The fraction of sp³-hybridized carbons (Fsp3) is 0.500. The molecule has 0 aliphatic rings. The maximum atomic E-state index is 6.10. The van der Waals surface area contributed by atoms with Crippen LogP contribution in [-0.2, 0) is 5.41 Å². The fourth-order valence-electron chi connectivity index (χ4n) is 1.23. The molecule has 0 unspecified atom stereocenters. The van der Waals surface area contributed by atoms with E-state index in [2.05, 4.69) is 41.7 Å². The molecule has 13 heavy (non-hydrogen) atoms. The standard InChI is InChI=1S/C10H13BrClN/c1-4-10(2,3)9-7(11)5-13-6-8(9)12/h5-6H,4H2,1-3H3. The summed E-state index contributed by atoms with van der Waals surface area (Å²) in [4.78, 5) is 4.01. The normalized spacial score (nSPS) is 11.8. The molecule has 0 bridgehead atoms. The van der Waals surface area contributed by atoms with Gasteiger partial charge < -0.3 is 0 Å². The molecule has 0 radical (unpaired) electrons. The Kier molecular flexibility index (Phi) is 3.36. The van der Waals surface area contributed by atoms with E-state index in [4.69, 9.17) is 11.6 Å². The molecular formula is C10H13BrClN. The van der Waals surface area contributed by atoms with Gasteiger partial charge in [-0.2, -0.15) is 0 Å². The molecule has 1 nitrogen and oxygen atoms in total. The Morgan fingerprint density at radius 1 is 1.46 bits per heavy atom. The van der Waals surface area contributed by atoms with Crippen molar-refractivity contribution in [1.82, 2.24) is 4.98 Å². The predicted molar refractivity (Wildman–Crippen MR) is 60.3 cm³/mol. The molecule has 3 heteroatoms. The van der Waals surface area contributed by atoms with Gasteiger partial charge in [0.2, 0.25) is 0 Å². The first kappa shape index (κ1) is 11.0. The molecule has 0 atom stereocenters. The summed E-state index contributed by atoms with van der Waals surface area (Å²) in [6.45, 7) is 6.52. The van der Waals surface area contributed by atoms with Crippen molar-refractivity contribution in [3.05, 3.63) is 27.5 Å². The van der Waals surface area contributed by atoms with E-state index in [-0.39, 0.29) is 5.41 Å². The highest BCUT2D eigenvalue weighted by Crippen LogP contribution is 2.36. The Labute approximate surface area is 92.6 Å². The topological polar surface area (TPSA) is 12.9 Å². The fourth-order valence-corrected chi connectivity index (χ4v) is 2.63. The van der Waals surface area contributed by atoms with Crippen LogP contribution in [-0.4, -0.2) is 4.98 Å². The summed E-state index contributed by atoms with van der Waals surface area (Å²) in [5.41, 5.74) is 1.24. The third-order valence-corrected chi connectivity index (χ3v) is 3.30. The number of hydrogen-bond donors (Lipinski definition) is 0. The monoisotopic (exact) mass is 261 g/mol. The minimum atomic E-state index is 0.0961. The van der Waals surface area contributed by atoms with Gasteiger partial charge in [-0.05, 0) is 33.3 Å². The van der Waals surface area contributed by atoms with Crippen LogP contribution in [0.25, 0.3) is 0 Å². The van der Waals surface area contributed by atoms with E-state index in [1.54, 1.807) is 12.4 Å². The van der Waals surface area contributed by atoms with E-state index in [9.17, 15) is 0 Å². The van der Waals surface area contributed by atoms with E-state index < -0.39 is 0 Å². The van der Waals surface area contributed by atoms with Gasteiger partial charge in [-0.1, -0.05) is 32.4 Å². The second kappa shape index (κ2) is 3.97. The first-order valence-electron chi connectivity index (χ1n) is 4.28. The summed E-state index contributed by atoms with van der Waals surface area (Å²) in [5.74, 6) is 0. The summed E-state index contributed by atoms with van der Waals surface area (Å²) in [7, 11) is 0. The smallest absolute Gasteiger partial charge is 0.0638 e. The molecule has 1 heterocycles. The van der Waals surface area contributed by atoms with Crippen LogP contribution in [0.5, 0.6) is 0 Å². The number of halogens is 2. The van der Waals surface area contributed by atoms with Crippen LogP contribution in [0.2, 0.25) is 5.02 Å². The summed E-state index contributed by atoms with van der Waals surface area (Å²) in [5, 5.41) is 0.737. The average molecular weight is 263 g/mol. The summed E-state index contributed by atoms with van der Waals surface area (Å²) in [6, 6.07) is 0. The van der Waals surface area contributed by atoms with Crippen molar-refractivity contribution >= 4 is 27.5 Å². The van der Waals surface area contributed by atoms with Gasteiger partial charge in [0.15, 0.2) is 0 Å². The van der Waals surface area contributed by atoms with Gasteiger partial charge in [0, 0.05) is 16.9 Å². The molecule has 0 fully saturated rings. The van der Waals surface area contributed by atoms with Crippen molar-refractivity contribution in [3.63, 3.8) is 0 Å². The zero-order chi connectivity index (χ0) is 10.1. The Hall–Kier alpha value is -0.0800.